The van der Waals surface area contributed by atoms with Crippen LogP contribution < -0.4 is 50.0 Å². The molecule has 0 spiro atoms. The summed E-state index contributed by atoms with van der Waals surface area (Å²) in [7, 11) is 1.36. The van der Waals surface area contributed by atoms with Gasteiger partial charge in [-0.15, -0.1) is 0 Å². The second-order valence-electron chi connectivity index (χ2n) is 12.8. The molecular weight excluding hydrogens is 647 g/mol. The van der Waals surface area contributed by atoms with Crippen LogP contribution in [0.5, 0.6) is 0 Å². The molecule has 0 saturated carbocycles. The van der Waals surface area contributed by atoms with E-state index in [4.69, 9.17) is 14.6 Å². The molecule has 2 fully saturated rings. The standard InChI is InChI=1S/C16H23N3O4.C15H21N3O4.2CH4.Na.H2O/c1-16(2,3)23-15(21)18-12-9-19(10-12)13-5-6-17-11(7-13)8-14(20)22-4;1-15(2,3)22-14(21)17-11-8-18(9-11)12-4-5-16-10(6-12)7-13(19)20;;;;/h5-7,12H,8-10H2,1-4H3,(H,18,21);4-6,11H,7-9H2,1-3H3,(H,17,21)(H,19,20);2*1H4;;1H2/q;;;;+1;/p-1. The minimum absolute atomic E-state index is 0. The number of anilines is 2. The zero-order valence-corrected chi connectivity index (χ0v) is 30.4. The number of carboxylic acid groups (broad SMARTS) is 1. The Balaban J connectivity index is 0. The predicted molar refractivity (Wildman–Crippen MR) is 182 cm³/mol. The number of carbonyl (C=O) groups excluding carboxylic acids is 3. The van der Waals surface area contributed by atoms with Gasteiger partial charge >= 0.3 is 53.7 Å². The molecule has 270 valence electrons. The number of aliphatic carboxylic acids is 1. The maximum atomic E-state index is 11.7. The molecule has 0 aliphatic carbocycles. The summed E-state index contributed by atoms with van der Waals surface area (Å²) in [5, 5.41) is 14.4. The maximum absolute atomic E-state index is 11.7. The topological polar surface area (TPSA) is 203 Å². The SMILES string of the molecule is C.C.CC(C)(C)OC(=O)NC1CN(c2ccnc(CC(=O)O)c2)C1.COC(=O)Cc1cc(N2CC(NC(=O)OC(C)(C)C)C2)ccn1.[Na+].[OH-]. The van der Waals surface area contributed by atoms with E-state index < -0.39 is 29.4 Å². The molecule has 4 N–H and O–H groups in total. The number of nitrogens with one attached hydrogen (secondary N) is 2. The number of rotatable bonds is 8. The van der Waals surface area contributed by atoms with Gasteiger partial charge in [0.2, 0.25) is 0 Å². The van der Waals surface area contributed by atoms with Crippen molar-refractivity contribution in [1.82, 2.24) is 20.6 Å². The predicted octanol–water partition coefficient (Wildman–Crippen LogP) is 1.03. The van der Waals surface area contributed by atoms with E-state index in [1.165, 1.54) is 7.11 Å². The fourth-order valence-corrected chi connectivity index (χ4v) is 4.40. The molecule has 49 heavy (non-hydrogen) atoms. The molecule has 2 amide bonds. The van der Waals surface area contributed by atoms with Gasteiger partial charge in [-0.2, -0.15) is 0 Å². The number of hydrogen-bond acceptors (Lipinski definition) is 12. The average molecular weight is 701 g/mol. The van der Waals surface area contributed by atoms with Crippen LogP contribution in [0.2, 0.25) is 0 Å². The molecule has 0 atom stereocenters. The first kappa shape index (κ1) is 47.5. The number of carbonyl (C=O) groups is 4. The minimum atomic E-state index is -0.905. The Morgan fingerprint density at radius 3 is 1.47 bits per heavy atom. The van der Waals surface area contributed by atoms with Crippen LogP contribution in [0.15, 0.2) is 36.7 Å². The maximum Gasteiger partial charge on any atom is 1.00 e. The van der Waals surface area contributed by atoms with Crippen molar-refractivity contribution in [3.8, 4) is 0 Å². The van der Waals surface area contributed by atoms with Gasteiger partial charge in [-0.25, -0.2) is 9.59 Å². The van der Waals surface area contributed by atoms with Crippen molar-refractivity contribution in [2.45, 2.75) is 92.5 Å². The molecule has 4 heterocycles. The van der Waals surface area contributed by atoms with E-state index in [-0.39, 0.29) is 80.8 Å². The summed E-state index contributed by atoms with van der Waals surface area (Å²) in [6.07, 6.45) is 2.51. The Labute approximate surface area is 312 Å². The zero-order valence-electron chi connectivity index (χ0n) is 28.4. The molecule has 4 rings (SSSR count). The summed E-state index contributed by atoms with van der Waals surface area (Å²) in [6.45, 7) is 13.7. The van der Waals surface area contributed by atoms with Crippen LogP contribution in [0.4, 0.5) is 21.0 Å². The first-order chi connectivity index (χ1) is 21.0. The third kappa shape index (κ3) is 17.0. The number of esters is 1. The van der Waals surface area contributed by atoms with Gasteiger partial charge in [0.1, 0.15) is 11.2 Å². The molecule has 15 nitrogen and oxygen atoms in total. The summed E-state index contributed by atoms with van der Waals surface area (Å²) in [6, 6.07) is 7.42. The molecule has 2 aliphatic heterocycles. The molecule has 2 aromatic rings. The number of amides is 2. The monoisotopic (exact) mass is 700 g/mol. The number of nitrogens with zero attached hydrogens (tertiary/aromatic N) is 4. The van der Waals surface area contributed by atoms with Crippen molar-refractivity contribution in [2.75, 3.05) is 43.1 Å². The Hall–Kier alpha value is -3.66. The number of ether oxygens (including phenoxy) is 3. The molecule has 2 aromatic heterocycles. The van der Waals surface area contributed by atoms with Crippen molar-refractivity contribution in [3.05, 3.63) is 48.0 Å². The van der Waals surface area contributed by atoms with Crippen molar-refractivity contribution >= 4 is 35.5 Å². The van der Waals surface area contributed by atoms with Gasteiger partial charge in [-0.05, 0) is 65.8 Å². The second kappa shape index (κ2) is 20.8. The summed E-state index contributed by atoms with van der Waals surface area (Å²) in [5.41, 5.74) is 2.06. The van der Waals surface area contributed by atoms with Crippen molar-refractivity contribution in [2.24, 2.45) is 0 Å². The quantitative estimate of drug-likeness (QED) is 0.200. The summed E-state index contributed by atoms with van der Waals surface area (Å²) < 4.78 is 15.1. The Bertz CT molecular complexity index is 1350. The summed E-state index contributed by atoms with van der Waals surface area (Å²) in [4.78, 5) is 57.7. The van der Waals surface area contributed by atoms with Crippen molar-refractivity contribution in [1.29, 1.82) is 0 Å². The van der Waals surface area contributed by atoms with Gasteiger partial charge in [0.25, 0.3) is 0 Å². The Kier molecular flexibility index (Phi) is 20.1. The summed E-state index contributed by atoms with van der Waals surface area (Å²) in [5.74, 6) is -1.22. The first-order valence-electron chi connectivity index (χ1n) is 14.7. The Morgan fingerprint density at radius 1 is 0.776 bits per heavy atom. The average Bonchev–Trinajstić information content (AvgIpc) is 2.86. The van der Waals surface area contributed by atoms with Gasteiger partial charge in [0, 0.05) is 49.9 Å². The third-order valence-corrected chi connectivity index (χ3v) is 6.42. The van der Waals surface area contributed by atoms with Crippen molar-refractivity contribution in [3.63, 3.8) is 0 Å². The molecular formula is C33H53N6NaO9. The van der Waals surface area contributed by atoms with E-state index >= 15 is 0 Å². The van der Waals surface area contributed by atoms with Crippen LogP contribution in [0.25, 0.3) is 0 Å². The van der Waals surface area contributed by atoms with E-state index in [0.717, 1.165) is 11.4 Å². The number of hydrogen-bond donors (Lipinski definition) is 3. The second-order valence-corrected chi connectivity index (χ2v) is 12.8. The molecule has 2 saturated heterocycles. The smallest absolute Gasteiger partial charge is 0.870 e. The van der Waals surface area contributed by atoms with Crippen LogP contribution in [0.3, 0.4) is 0 Å². The molecule has 0 radical (unpaired) electrons. The molecule has 0 aromatic carbocycles. The number of carboxylic acids is 1. The van der Waals surface area contributed by atoms with Crippen LogP contribution in [0, 0.1) is 0 Å². The summed E-state index contributed by atoms with van der Waals surface area (Å²) >= 11 is 0. The molecule has 2 aliphatic rings. The first-order valence-corrected chi connectivity index (χ1v) is 14.7. The van der Waals surface area contributed by atoms with E-state index in [1.54, 1.807) is 18.5 Å². The number of alkyl carbamates (subject to hydrolysis) is 2. The van der Waals surface area contributed by atoms with E-state index in [2.05, 4.69) is 35.1 Å². The van der Waals surface area contributed by atoms with Crippen molar-refractivity contribution < 1.29 is 73.5 Å². The van der Waals surface area contributed by atoms with Gasteiger partial charge in [0.05, 0.1) is 43.4 Å². The zero-order chi connectivity index (χ0) is 33.4. The van der Waals surface area contributed by atoms with E-state index in [0.29, 0.717) is 37.6 Å². The van der Waals surface area contributed by atoms with Crippen LogP contribution in [-0.2, 0) is 36.6 Å². The molecule has 16 heteroatoms. The number of methoxy groups -OCH3 is 1. The van der Waals surface area contributed by atoms with Crippen LogP contribution in [-0.4, -0.2) is 101 Å². The minimum Gasteiger partial charge on any atom is -0.870 e. The third-order valence-electron chi connectivity index (χ3n) is 6.42. The normalized spacial score (nSPS) is 13.8. The van der Waals surface area contributed by atoms with Gasteiger partial charge in [0.15, 0.2) is 0 Å². The molecule has 0 unspecified atom stereocenters. The van der Waals surface area contributed by atoms with E-state index in [9.17, 15) is 19.2 Å². The number of aromatic nitrogens is 2. The fraction of sp³-hybridized carbons (Fsp3) is 0.576. The van der Waals surface area contributed by atoms with Gasteiger partial charge < -0.3 is 45.2 Å². The van der Waals surface area contributed by atoms with Gasteiger partial charge in [-0.1, -0.05) is 14.9 Å². The van der Waals surface area contributed by atoms with Crippen LogP contribution >= 0.6 is 0 Å². The van der Waals surface area contributed by atoms with Gasteiger partial charge in [-0.3, -0.25) is 19.6 Å². The number of pyridine rings is 2. The molecule has 0 bridgehead atoms. The van der Waals surface area contributed by atoms with E-state index in [1.807, 2.05) is 59.7 Å². The Morgan fingerprint density at radius 2 is 1.14 bits per heavy atom. The largest absolute Gasteiger partial charge is 1.00 e. The van der Waals surface area contributed by atoms with Crippen LogP contribution in [0.1, 0.15) is 67.8 Å². The fourth-order valence-electron chi connectivity index (χ4n) is 4.40.